The molecule has 6 atom stereocenters. The molecule has 0 aromatic carbocycles. The molecule has 6 N–H and O–H groups in total. The van der Waals surface area contributed by atoms with Crippen LogP contribution in [0.1, 0.15) is 420 Å². The standard InChI is InChI=1S/C89H170N4O18P2/c1-7-13-19-25-29-33-35-37-39-43-45-51-57-63-84(94)92-80(76-104-71-67-82(61-55-49-23-17-11-5)110-88(98)65-59-53-47-41-31-27-21-15-9-3)78-108-112(100,101)106-73-69-90-86(96)75-87(97)91-70-74-107-113(102,103)109-79-81(93-85(95)64-58-52-46-44-40-38-36-34-30-26-20-14-8-2)77-105-72-68-83(62-56-50-24-18-12-6)111-89(99)66-60-54-48-42-32-28-22-16-10-4/h41-42,47-48,80-83H,7-40,43-46,49-79H2,1-6H3,(H,90,96)(H,91,97)(H,92,94)(H,93,95)(H,100,101)(H,102,103)/b47-41-,48-42-/t80?,81?,82-,83-/m1/s1. The van der Waals surface area contributed by atoms with E-state index in [1.807, 2.05) is 0 Å². The third kappa shape index (κ3) is 79.3. The van der Waals surface area contributed by atoms with Gasteiger partial charge in [0.05, 0.1) is 64.9 Å². The number of ether oxygens (including phenoxy) is 4. The molecule has 24 heteroatoms. The number of hydrogen-bond acceptors (Lipinski definition) is 16. The predicted octanol–water partition coefficient (Wildman–Crippen LogP) is 22.6. The lowest BCUT2D eigenvalue weighted by Gasteiger charge is -2.22. The summed E-state index contributed by atoms with van der Waals surface area (Å²) in [5, 5.41) is 10.7. The van der Waals surface area contributed by atoms with Crippen molar-refractivity contribution in [2.24, 2.45) is 0 Å². The first-order valence-corrected chi connectivity index (χ1v) is 49.1. The van der Waals surface area contributed by atoms with Crippen molar-refractivity contribution in [3.05, 3.63) is 24.3 Å². The first kappa shape index (κ1) is 109. The summed E-state index contributed by atoms with van der Waals surface area (Å²) >= 11 is 0. The molecular formula is C89H170N4O18P2. The summed E-state index contributed by atoms with van der Waals surface area (Å²) in [7, 11) is -9.48. The number of phosphoric ester groups is 2. The Morgan fingerprint density at radius 2 is 0.575 bits per heavy atom. The summed E-state index contributed by atoms with van der Waals surface area (Å²) < 4.78 is 71.6. The molecule has 0 aromatic heterocycles. The monoisotopic (exact) mass is 1650 g/mol. The van der Waals surface area contributed by atoms with Gasteiger partial charge < -0.3 is 50.0 Å². The Morgan fingerprint density at radius 3 is 0.885 bits per heavy atom. The molecule has 0 rings (SSSR count). The topological polar surface area (TPSA) is 299 Å². The zero-order chi connectivity index (χ0) is 82.9. The van der Waals surface area contributed by atoms with Gasteiger partial charge in [-0.25, -0.2) is 9.13 Å². The normalized spacial score (nSPS) is 13.9. The van der Waals surface area contributed by atoms with Crippen molar-refractivity contribution in [1.82, 2.24) is 21.3 Å². The van der Waals surface area contributed by atoms with Crippen molar-refractivity contribution in [1.29, 1.82) is 0 Å². The molecule has 4 unspecified atom stereocenters. The third-order valence-corrected chi connectivity index (χ3v) is 22.2. The molecule has 0 fully saturated rings. The minimum absolute atomic E-state index is 0.0531. The smallest absolute Gasteiger partial charge is 0.462 e. The molecule has 664 valence electrons. The van der Waals surface area contributed by atoms with Gasteiger partial charge in [0.2, 0.25) is 23.6 Å². The number of hydrogen-bond donors (Lipinski definition) is 6. The lowest BCUT2D eigenvalue weighted by Crippen LogP contribution is -2.41. The number of esters is 2. The van der Waals surface area contributed by atoms with E-state index in [9.17, 15) is 47.7 Å². The van der Waals surface area contributed by atoms with E-state index in [0.717, 1.165) is 128 Å². The molecule has 0 saturated heterocycles. The van der Waals surface area contributed by atoms with Gasteiger partial charge in [-0.2, -0.15) is 0 Å². The van der Waals surface area contributed by atoms with Crippen LogP contribution in [-0.2, 0) is 74.9 Å². The first-order valence-electron chi connectivity index (χ1n) is 46.1. The second-order valence-corrected chi connectivity index (χ2v) is 34.3. The molecule has 0 radical (unpaired) electrons. The van der Waals surface area contributed by atoms with Crippen LogP contribution in [0.3, 0.4) is 0 Å². The zero-order valence-electron chi connectivity index (χ0n) is 72.7. The summed E-state index contributed by atoms with van der Waals surface area (Å²) in [6.07, 6.45) is 66.8. The van der Waals surface area contributed by atoms with Crippen LogP contribution in [0.5, 0.6) is 0 Å². The Labute approximate surface area is 688 Å². The molecule has 0 aliphatic carbocycles. The van der Waals surface area contributed by atoms with Crippen LogP contribution in [0.4, 0.5) is 0 Å². The van der Waals surface area contributed by atoms with Crippen molar-refractivity contribution in [2.45, 2.75) is 445 Å². The molecule has 0 saturated carbocycles. The zero-order valence-corrected chi connectivity index (χ0v) is 74.5. The van der Waals surface area contributed by atoms with Gasteiger partial charge in [0.1, 0.15) is 18.6 Å². The summed E-state index contributed by atoms with van der Waals surface area (Å²) in [6, 6.07) is -1.65. The van der Waals surface area contributed by atoms with Crippen LogP contribution in [0.2, 0.25) is 0 Å². The molecule has 4 amide bonds. The van der Waals surface area contributed by atoms with Crippen LogP contribution in [0.25, 0.3) is 0 Å². The van der Waals surface area contributed by atoms with Gasteiger partial charge in [-0.1, -0.05) is 310 Å². The first-order chi connectivity index (χ1) is 54.9. The maximum atomic E-state index is 13.3. The van der Waals surface area contributed by atoms with E-state index >= 15 is 0 Å². The maximum Gasteiger partial charge on any atom is 0.472 e. The Balaban J connectivity index is 5.58. The number of phosphoric acid groups is 2. The Hall–Kier alpha value is -3.56. The number of rotatable bonds is 88. The number of carbonyl (C=O) groups excluding carboxylic acids is 6. The van der Waals surface area contributed by atoms with E-state index < -0.39 is 72.4 Å². The summed E-state index contributed by atoms with van der Waals surface area (Å²) in [5.41, 5.74) is 0. The summed E-state index contributed by atoms with van der Waals surface area (Å²) in [5.74, 6) is -2.44. The largest absolute Gasteiger partial charge is 0.472 e. The minimum atomic E-state index is -4.74. The van der Waals surface area contributed by atoms with Gasteiger partial charge in [-0.3, -0.25) is 46.9 Å². The maximum absolute atomic E-state index is 13.3. The van der Waals surface area contributed by atoms with Gasteiger partial charge in [-0.05, 0) is 89.9 Å². The molecule has 0 spiro atoms. The highest BCUT2D eigenvalue weighted by molar-refractivity contribution is 7.47. The Bertz CT molecular complexity index is 2230. The molecule has 0 heterocycles. The van der Waals surface area contributed by atoms with Gasteiger partial charge in [0, 0.05) is 51.6 Å². The summed E-state index contributed by atoms with van der Waals surface area (Å²) in [4.78, 5) is 99.7. The van der Waals surface area contributed by atoms with Crippen LogP contribution >= 0.6 is 15.6 Å². The van der Waals surface area contributed by atoms with Gasteiger partial charge in [0.15, 0.2) is 0 Å². The number of amides is 4. The van der Waals surface area contributed by atoms with E-state index in [1.54, 1.807) is 0 Å². The molecule has 0 bridgehead atoms. The second kappa shape index (κ2) is 82.2. The van der Waals surface area contributed by atoms with Crippen LogP contribution in [0, 0.1) is 0 Å². The highest BCUT2D eigenvalue weighted by Gasteiger charge is 2.27. The van der Waals surface area contributed by atoms with Crippen molar-refractivity contribution in [2.75, 3.05) is 65.9 Å². The molecule has 0 aliphatic heterocycles. The second-order valence-electron chi connectivity index (χ2n) is 31.4. The number of nitrogens with one attached hydrogen (secondary N) is 4. The number of unbranched alkanes of at least 4 members (excludes halogenated alkanes) is 42. The average molecular weight is 1650 g/mol. The van der Waals surface area contributed by atoms with Gasteiger partial charge in [0.25, 0.3) is 0 Å². The van der Waals surface area contributed by atoms with Gasteiger partial charge >= 0.3 is 27.6 Å². The van der Waals surface area contributed by atoms with Crippen molar-refractivity contribution in [3.63, 3.8) is 0 Å². The van der Waals surface area contributed by atoms with Crippen molar-refractivity contribution >= 4 is 51.2 Å². The quantitative estimate of drug-likeness (QED) is 0.0108. The minimum Gasteiger partial charge on any atom is -0.462 e. The van der Waals surface area contributed by atoms with E-state index in [2.05, 4.69) is 87.1 Å². The highest BCUT2D eigenvalue weighted by atomic mass is 31.2. The highest BCUT2D eigenvalue weighted by Crippen LogP contribution is 2.44. The summed E-state index contributed by atoms with van der Waals surface area (Å²) in [6.45, 7) is 11.2. The van der Waals surface area contributed by atoms with Crippen molar-refractivity contribution in [3.8, 4) is 0 Å². The fourth-order valence-electron chi connectivity index (χ4n) is 13.3. The fourth-order valence-corrected chi connectivity index (χ4v) is 14.8. The van der Waals surface area contributed by atoms with Crippen molar-refractivity contribution < 1.29 is 84.7 Å². The number of allylic oxidation sites excluding steroid dienone is 4. The van der Waals surface area contributed by atoms with E-state index in [0.29, 0.717) is 64.2 Å². The average Bonchev–Trinajstić information content (AvgIpc) is 0.911. The predicted molar refractivity (Wildman–Crippen MR) is 459 cm³/mol. The molecule has 113 heavy (non-hydrogen) atoms. The molecule has 0 aromatic rings. The molecule has 0 aliphatic rings. The van der Waals surface area contributed by atoms with Crippen LogP contribution < -0.4 is 21.3 Å². The Morgan fingerprint density at radius 1 is 0.301 bits per heavy atom. The Kier molecular flexibility index (Phi) is 79.6. The van der Waals surface area contributed by atoms with E-state index in [-0.39, 0.29) is 88.3 Å². The SMILES string of the molecule is CCCCCC/C=C\CCCC(=O)O[C@H](CCCCCCC)CCOCC(COP(=O)(O)OCCNC(=O)CC(=O)NCCOP(=O)(O)OCC(COCC[C@@H](CCCCCCC)OC(=O)CCC/C=C\CCCCCC)NC(=O)CCCCCCCCCCCCCCC)NC(=O)CCCCCCCCCCCCCCC. The third-order valence-electron chi connectivity index (χ3n) is 20.2. The molecular weight excluding hydrogens is 1470 g/mol. The lowest BCUT2D eigenvalue weighted by molar-refractivity contribution is -0.151. The fraction of sp³-hybridized carbons (Fsp3) is 0.888. The van der Waals surface area contributed by atoms with E-state index in [1.165, 1.54) is 167 Å². The van der Waals surface area contributed by atoms with Crippen LogP contribution in [0.15, 0.2) is 24.3 Å². The molecule has 22 nitrogen and oxygen atoms in total. The van der Waals surface area contributed by atoms with Gasteiger partial charge in [-0.15, -0.1) is 0 Å². The van der Waals surface area contributed by atoms with Crippen LogP contribution in [-0.4, -0.2) is 136 Å². The number of carbonyl (C=O) groups is 6. The van der Waals surface area contributed by atoms with E-state index in [4.69, 9.17) is 37.0 Å². The lowest BCUT2D eigenvalue weighted by atomic mass is 10.0.